The van der Waals surface area contributed by atoms with Crippen LogP contribution in [0.2, 0.25) is 0 Å². The summed E-state index contributed by atoms with van der Waals surface area (Å²) in [4.78, 5) is 8.87. The first-order chi connectivity index (χ1) is 10.8. The largest absolute Gasteiger partial charge is 0.253 e. The first-order valence-electron chi connectivity index (χ1n) is 8.00. The van der Waals surface area contributed by atoms with Gasteiger partial charge in [0.2, 0.25) is 0 Å². The predicted octanol–water partition coefficient (Wildman–Crippen LogP) is 5.06. The molecule has 3 aromatic rings. The lowest BCUT2D eigenvalue weighted by Crippen LogP contribution is -1.98. The van der Waals surface area contributed by atoms with Crippen LogP contribution in [0.3, 0.4) is 0 Å². The minimum Gasteiger partial charge on any atom is -0.253 e. The maximum Gasteiger partial charge on any atom is 0.0918 e. The summed E-state index contributed by atoms with van der Waals surface area (Å²) >= 11 is 0. The van der Waals surface area contributed by atoms with Gasteiger partial charge in [-0.1, -0.05) is 43.3 Å². The zero-order chi connectivity index (χ0) is 15.4. The Kier molecular flexibility index (Phi) is 4.47. The number of benzene rings is 2. The quantitative estimate of drug-likeness (QED) is 0.656. The summed E-state index contributed by atoms with van der Waals surface area (Å²) in [6, 6.07) is 15.0. The van der Waals surface area contributed by atoms with Crippen LogP contribution in [0.4, 0.5) is 0 Å². The molecule has 0 amide bonds. The lowest BCUT2D eigenvalue weighted by molar-refractivity contribution is 0.632. The molecule has 0 aliphatic rings. The highest BCUT2D eigenvalue weighted by Gasteiger charge is 2.09. The zero-order valence-corrected chi connectivity index (χ0v) is 13.3. The van der Waals surface area contributed by atoms with Crippen molar-refractivity contribution < 1.29 is 0 Å². The fourth-order valence-electron chi connectivity index (χ4n) is 3.15. The summed E-state index contributed by atoms with van der Waals surface area (Å²) in [5, 5.41) is 0. The molecule has 0 saturated heterocycles. The second-order valence-electron chi connectivity index (χ2n) is 5.99. The van der Waals surface area contributed by atoms with E-state index in [4.69, 9.17) is 0 Å². The van der Waals surface area contributed by atoms with E-state index in [2.05, 4.69) is 60.2 Å². The third-order valence-corrected chi connectivity index (χ3v) is 4.38. The van der Waals surface area contributed by atoms with Crippen molar-refractivity contribution in [2.24, 2.45) is 0 Å². The van der Waals surface area contributed by atoms with E-state index in [1.54, 1.807) is 12.4 Å². The number of fused-ring (bicyclic) bond motifs is 1. The first-order valence-corrected chi connectivity index (χ1v) is 8.00. The molecule has 0 aliphatic carbocycles. The van der Waals surface area contributed by atoms with Crippen LogP contribution in [0.25, 0.3) is 11.0 Å². The minimum absolute atomic E-state index is 0.599. The molecule has 0 fully saturated rings. The number of hydrogen-bond acceptors (Lipinski definition) is 2. The molecule has 22 heavy (non-hydrogen) atoms. The number of hydrogen-bond donors (Lipinski definition) is 0. The van der Waals surface area contributed by atoms with Gasteiger partial charge in [0.15, 0.2) is 0 Å². The molecule has 0 spiro atoms. The van der Waals surface area contributed by atoms with Crippen LogP contribution in [0, 0.1) is 6.92 Å². The Balaban J connectivity index is 1.66. The van der Waals surface area contributed by atoms with E-state index >= 15 is 0 Å². The molecule has 1 unspecified atom stereocenters. The Morgan fingerprint density at radius 1 is 0.955 bits per heavy atom. The molecule has 0 aliphatic heterocycles. The third-order valence-electron chi connectivity index (χ3n) is 4.38. The summed E-state index contributed by atoms with van der Waals surface area (Å²) in [6.07, 6.45) is 6.97. The molecular formula is C20H22N2. The Labute approximate surface area is 132 Å². The van der Waals surface area contributed by atoms with Crippen LogP contribution in [0.15, 0.2) is 54.9 Å². The minimum atomic E-state index is 0.599. The zero-order valence-electron chi connectivity index (χ0n) is 13.3. The van der Waals surface area contributed by atoms with Crippen LogP contribution in [0.5, 0.6) is 0 Å². The standard InChI is InChI=1S/C20H22N2/c1-15-7-3-4-11-18(15)16(2)8-5-9-17-10-6-12-19-20(17)22-14-13-21-19/h3-4,6-7,10-14,16H,5,8-9H2,1-2H3. The van der Waals surface area contributed by atoms with Crippen LogP contribution in [0.1, 0.15) is 42.4 Å². The molecule has 112 valence electrons. The van der Waals surface area contributed by atoms with Gasteiger partial charge in [-0.25, -0.2) is 0 Å². The molecular weight excluding hydrogens is 268 g/mol. The Morgan fingerprint density at radius 3 is 2.64 bits per heavy atom. The van der Waals surface area contributed by atoms with Crippen LogP contribution >= 0.6 is 0 Å². The lowest BCUT2D eigenvalue weighted by Gasteiger charge is -2.14. The van der Waals surface area contributed by atoms with Crippen molar-refractivity contribution in [3.63, 3.8) is 0 Å². The summed E-state index contributed by atoms with van der Waals surface area (Å²) in [7, 11) is 0. The van der Waals surface area contributed by atoms with Crippen molar-refractivity contribution in [3.05, 3.63) is 71.5 Å². The molecule has 1 heterocycles. The van der Waals surface area contributed by atoms with Gasteiger partial charge < -0.3 is 0 Å². The molecule has 3 rings (SSSR count). The second kappa shape index (κ2) is 6.69. The van der Waals surface area contributed by atoms with E-state index in [1.807, 2.05) is 6.07 Å². The molecule has 2 heteroatoms. The Bertz CT molecular complexity index is 759. The van der Waals surface area contributed by atoms with Gasteiger partial charge in [0.25, 0.3) is 0 Å². The number of aryl methyl sites for hydroxylation is 2. The average molecular weight is 290 g/mol. The van der Waals surface area contributed by atoms with Gasteiger partial charge in [-0.3, -0.25) is 9.97 Å². The SMILES string of the molecule is Cc1ccccc1C(C)CCCc1cccc2nccnc12. The van der Waals surface area contributed by atoms with Gasteiger partial charge in [-0.05, 0) is 54.9 Å². The van der Waals surface area contributed by atoms with Gasteiger partial charge in [-0.2, -0.15) is 0 Å². The molecule has 0 radical (unpaired) electrons. The average Bonchev–Trinajstić information content (AvgIpc) is 2.55. The number of rotatable bonds is 5. The van der Waals surface area contributed by atoms with E-state index < -0.39 is 0 Å². The van der Waals surface area contributed by atoms with Crippen LogP contribution in [-0.4, -0.2) is 9.97 Å². The van der Waals surface area contributed by atoms with Crippen molar-refractivity contribution in [2.75, 3.05) is 0 Å². The van der Waals surface area contributed by atoms with Gasteiger partial charge in [0, 0.05) is 12.4 Å². The van der Waals surface area contributed by atoms with Crippen LogP contribution in [-0.2, 0) is 6.42 Å². The summed E-state index contributed by atoms with van der Waals surface area (Å²) in [5.74, 6) is 0.599. The maximum absolute atomic E-state index is 4.49. The van der Waals surface area contributed by atoms with E-state index in [0.717, 1.165) is 17.5 Å². The monoisotopic (exact) mass is 290 g/mol. The van der Waals surface area contributed by atoms with E-state index in [-0.39, 0.29) is 0 Å². The molecule has 0 saturated carbocycles. The highest BCUT2D eigenvalue weighted by Crippen LogP contribution is 2.25. The van der Waals surface area contributed by atoms with Crippen molar-refractivity contribution in [1.29, 1.82) is 0 Å². The van der Waals surface area contributed by atoms with Crippen molar-refractivity contribution in [1.82, 2.24) is 9.97 Å². The maximum atomic E-state index is 4.49. The molecule has 1 aromatic heterocycles. The van der Waals surface area contributed by atoms with Gasteiger partial charge in [0.1, 0.15) is 0 Å². The van der Waals surface area contributed by atoms with E-state index in [0.29, 0.717) is 5.92 Å². The highest BCUT2D eigenvalue weighted by atomic mass is 14.8. The summed E-state index contributed by atoms with van der Waals surface area (Å²) in [5.41, 5.74) is 6.22. The van der Waals surface area contributed by atoms with E-state index in [9.17, 15) is 0 Å². The third kappa shape index (κ3) is 3.16. The predicted molar refractivity (Wildman–Crippen MR) is 92.1 cm³/mol. The molecule has 0 N–H and O–H groups in total. The lowest BCUT2D eigenvalue weighted by atomic mass is 9.91. The van der Waals surface area contributed by atoms with Crippen molar-refractivity contribution in [3.8, 4) is 0 Å². The number of nitrogens with zero attached hydrogens (tertiary/aromatic N) is 2. The topological polar surface area (TPSA) is 25.8 Å². The van der Waals surface area contributed by atoms with Gasteiger partial charge >= 0.3 is 0 Å². The van der Waals surface area contributed by atoms with Crippen molar-refractivity contribution >= 4 is 11.0 Å². The smallest absolute Gasteiger partial charge is 0.0918 e. The van der Waals surface area contributed by atoms with Crippen LogP contribution < -0.4 is 0 Å². The molecule has 2 nitrogen and oxygen atoms in total. The van der Waals surface area contributed by atoms with E-state index in [1.165, 1.54) is 29.5 Å². The second-order valence-corrected chi connectivity index (χ2v) is 5.99. The fraction of sp³-hybridized carbons (Fsp3) is 0.300. The number of aromatic nitrogens is 2. The van der Waals surface area contributed by atoms with Crippen molar-refractivity contribution in [2.45, 2.75) is 39.0 Å². The Morgan fingerprint density at radius 2 is 1.77 bits per heavy atom. The van der Waals surface area contributed by atoms with Gasteiger partial charge in [0.05, 0.1) is 11.0 Å². The normalized spacial score (nSPS) is 12.5. The molecule has 2 aromatic carbocycles. The first kappa shape index (κ1) is 14.7. The fourth-order valence-corrected chi connectivity index (χ4v) is 3.15. The van der Waals surface area contributed by atoms with Gasteiger partial charge in [-0.15, -0.1) is 0 Å². The number of para-hydroxylation sites is 1. The summed E-state index contributed by atoms with van der Waals surface area (Å²) in [6.45, 7) is 4.53. The molecule has 1 atom stereocenters. The highest BCUT2D eigenvalue weighted by molar-refractivity contribution is 5.77. The molecule has 0 bridgehead atoms. The Hall–Kier alpha value is -2.22. The summed E-state index contributed by atoms with van der Waals surface area (Å²) < 4.78 is 0.